The van der Waals surface area contributed by atoms with E-state index in [-0.39, 0.29) is 6.03 Å². The van der Waals surface area contributed by atoms with E-state index < -0.39 is 0 Å². The second-order valence-corrected chi connectivity index (χ2v) is 2.14. The lowest BCUT2D eigenvalue weighted by Crippen LogP contribution is -2.37. The van der Waals surface area contributed by atoms with Gasteiger partial charge in [0.1, 0.15) is 5.88 Å². The monoisotopic (exact) mass is 144 g/mol. The first-order valence-corrected chi connectivity index (χ1v) is 3.23. The number of carbonyl (C=O) groups excluding carboxylic acids is 1. The van der Waals surface area contributed by atoms with Crippen molar-refractivity contribution in [1.29, 1.82) is 0 Å². The molecule has 1 rings (SSSR count). The Balaban J connectivity index is 2.43. The smallest absolute Gasteiger partial charge is 0.284 e. The maximum Gasteiger partial charge on any atom is 0.336 e. The average molecular weight is 144 g/mol. The SMILES string of the molecule is NNC(=O)N1[CH]SC=C1. The van der Waals surface area contributed by atoms with Crippen molar-refractivity contribution in [2.24, 2.45) is 5.84 Å². The Morgan fingerprint density at radius 3 is 3.00 bits per heavy atom. The van der Waals surface area contributed by atoms with E-state index >= 15 is 0 Å². The number of nitrogens with one attached hydrogen (secondary N) is 1. The van der Waals surface area contributed by atoms with Gasteiger partial charge in [0.15, 0.2) is 0 Å². The first-order valence-electron chi connectivity index (χ1n) is 2.29. The summed E-state index contributed by atoms with van der Waals surface area (Å²) < 4.78 is 0. The zero-order valence-corrected chi connectivity index (χ0v) is 5.39. The van der Waals surface area contributed by atoms with Crippen LogP contribution in [-0.2, 0) is 0 Å². The minimum absolute atomic E-state index is 0.323. The molecule has 9 heavy (non-hydrogen) atoms. The topological polar surface area (TPSA) is 58.4 Å². The molecule has 0 saturated carbocycles. The first-order chi connectivity index (χ1) is 4.34. The third-order valence-electron chi connectivity index (χ3n) is 0.832. The normalized spacial score (nSPS) is 16.3. The lowest BCUT2D eigenvalue weighted by Gasteiger charge is -2.08. The van der Waals surface area contributed by atoms with Crippen molar-refractivity contribution in [3.63, 3.8) is 0 Å². The van der Waals surface area contributed by atoms with Gasteiger partial charge in [0.2, 0.25) is 0 Å². The van der Waals surface area contributed by atoms with Crippen molar-refractivity contribution >= 4 is 17.8 Å². The average Bonchev–Trinajstić information content (AvgIpc) is 2.37. The van der Waals surface area contributed by atoms with Crippen molar-refractivity contribution in [3.8, 4) is 0 Å². The van der Waals surface area contributed by atoms with E-state index in [0.717, 1.165) is 0 Å². The fourth-order valence-corrected chi connectivity index (χ4v) is 0.995. The largest absolute Gasteiger partial charge is 0.336 e. The maximum absolute atomic E-state index is 10.6. The van der Waals surface area contributed by atoms with Crippen LogP contribution >= 0.6 is 11.8 Å². The first kappa shape index (κ1) is 6.44. The standard InChI is InChI=1S/C4H6N3OS/c5-6-4(8)7-1-2-9-3-7/h1-3H,5H2,(H,6,8). The molecule has 4 nitrogen and oxygen atoms in total. The molecular formula is C4H6N3OS. The summed E-state index contributed by atoms with van der Waals surface area (Å²) in [5.41, 5.74) is 2.00. The van der Waals surface area contributed by atoms with Crippen LogP contribution in [0.1, 0.15) is 0 Å². The van der Waals surface area contributed by atoms with Gasteiger partial charge in [0.05, 0.1) is 0 Å². The molecule has 0 fully saturated rings. The minimum Gasteiger partial charge on any atom is -0.284 e. The van der Waals surface area contributed by atoms with Crippen molar-refractivity contribution in [3.05, 3.63) is 17.5 Å². The van der Waals surface area contributed by atoms with Gasteiger partial charge in [0, 0.05) is 6.20 Å². The Labute approximate surface area is 57.0 Å². The molecule has 3 N–H and O–H groups in total. The predicted octanol–water partition coefficient (Wildman–Crippen LogP) is 0.209. The number of hydrogen-bond donors (Lipinski definition) is 2. The third-order valence-corrected chi connectivity index (χ3v) is 1.46. The highest BCUT2D eigenvalue weighted by atomic mass is 32.2. The molecule has 1 heterocycles. The quantitative estimate of drug-likeness (QED) is 0.290. The minimum atomic E-state index is -0.323. The molecule has 0 bridgehead atoms. The zero-order chi connectivity index (χ0) is 6.69. The molecule has 0 saturated heterocycles. The van der Waals surface area contributed by atoms with Crippen LogP contribution in [-0.4, -0.2) is 10.9 Å². The lowest BCUT2D eigenvalue weighted by molar-refractivity contribution is 0.225. The molecule has 0 aromatic carbocycles. The van der Waals surface area contributed by atoms with Crippen LogP contribution in [0.25, 0.3) is 0 Å². The molecule has 49 valence electrons. The van der Waals surface area contributed by atoms with Crippen LogP contribution in [0.2, 0.25) is 0 Å². The number of rotatable bonds is 0. The van der Waals surface area contributed by atoms with Crippen molar-refractivity contribution < 1.29 is 4.79 Å². The number of amides is 2. The van der Waals surface area contributed by atoms with Crippen molar-refractivity contribution in [1.82, 2.24) is 10.3 Å². The van der Waals surface area contributed by atoms with Crippen LogP contribution in [0, 0.1) is 5.88 Å². The van der Waals surface area contributed by atoms with Gasteiger partial charge < -0.3 is 0 Å². The molecular weight excluding hydrogens is 138 g/mol. The van der Waals surface area contributed by atoms with Gasteiger partial charge in [-0.15, -0.1) is 11.8 Å². The van der Waals surface area contributed by atoms with Crippen LogP contribution in [0.15, 0.2) is 11.6 Å². The van der Waals surface area contributed by atoms with Crippen LogP contribution in [0.4, 0.5) is 4.79 Å². The third kappa shape index (κ3) is 1.36. The van der Waals surface area contributed by atoms with Crippen LogP contribution in [0.5, 0.6) is 0 Å². The number of nitrogens with two attached hydrogens (primary N) is 1. The number of hydrazine groups is 1. The Kier molecular flexibility index (Phi) is 1.96. The molecule has 0 aliphatic carbocycles. The highest BCUT2D eigenvalue weighted by Crippen LogP contribution is 2.19. The summed E-state index contributed by atoms with van der Waals surface area (Å²) in [6.45, 7) is 0. The van der Waals surface area contributed by atoms with E-state index in [1.165, 1.54) is 16.7 Å². The zero-order valence-electron chi connectivity index (χ0n) is 4.57. The predicted molar refractivity (Wildman–Crippen MR) is 35.6 cm³/mol. The Bertz CT molecular complexity index is 147. The summed E-state index contributed by atoms with van der Waals surface area (Å²) in [6, 6.07) is -0.323. The molecule has 2 amide bonds. The van der Waals surface area contributed by atoms with Crippen molar-refractivity contribution in [2.45, 2.75) is 0 Å². The van der Waals surface area contributed by atoms with E-state index in [1.807, 2.05) is 5.43 Å². The molecule has 0 aromatic rings. The molecule has 0 unspecified atom stereocenters. The summed E-state index contributed by atoms with van der Waals surface area (Å²) in [7, 11) is 0. The van der Waals surface area contributed by atoms with Gasteiger partial charge in [-0.1, -0.05) is 0 Å². The van der Waals surface area contributed by atoms with Gasteiger partial charge in [0.25, 0.3) is 0 Å². The van der Waals surface area contributed by atoms with Crippen LogP contribution in [0.3, 0.4) is 0 Å². The van der Waals surface area contributed by atoms with E-state index in [1.54, 1.807) is 17.5 Å². The summed E-state index contributed by atoms with van der Waals surface area (Å²) in [5, 5.41) is 1.79. The summed E-state index contributed by atoms with van der Waals surface area (Å²) in [4.78, 5) is 12.0. The Hall–Kier alpha value is -0.680. The molecule has 0 spiro atoms. The Morgan fingerprint density at radius 2 is 2.56 bits per heavy atom. The van der Waals surface area contributed by atoms with Crippen molar-refractivity contribution in [2.75, 3.05) is 0 Å². The molecule has 1 aliphatic rings. The number of hydrogen-bond acceptors (Lipinski definition) is 3. The van der Waals surface area contributed by atoms with Gasteiger partial charge in [-0.2, -0.15) is 0 Å². The van der Waals surface area contributed by atoms with E-state index in [4.69, 9.17) is 5.84 Å². The summed E-state index contributed by atoms with van der Waals surface area (Å²) in [6.07, 6.45) is 1.63. The molecule has 1 aliphatic heterocycles. The summed E-state index contributed by atoms with van der Waals surface area (Å²) in [5.74, 6) is 6.50. The highest BCUT2D eigenvalue weighted by molar-refractivity contribution is 8.04. The van der Waals surface area contributed by atoms with E-state index in [9.17, 15) is 4.79 Å². The van der Waals surface area contributed by atoms with E-state index in [2.05, 4.69) is 0 Å². The second kappa shape index (κ2) is 2.75. The number of thioether (sulfide) groups is 1. The van der Waals surface area contributed by atoms with Gasteiger partial charge in [-0.05, 0) is 5.41 Å². The summed E-state index contributed by atoms with van der Waals surface area (Å²) >= 11 is 1.43. The highest BCUT2D eigenvalue weighted by Gasteiger charge is 2.11. The fourth-order valence-electron chi connectivity index (χ4n) is 0.427. The van der Waals surface area contributed by atoms with Crippen LogP contribution < -0.4 is 11.3 Å². The number of nitrogens with zero attached hydrogens (tertiary/aromatic N) is 1. The number of urea groups is 1. The molecule has 1 radical (unpaired) electrons. The van der Waals surface area contributed by atoms with Gasteiger partial charge >= 0.3 is 6.03 Å². The van der Waals surface area contributed by atoms with E-state index in [0.29, 0.717) is 0 Å². The lowest BCUT2D eigenvalue weighted by atomic mass is 10.8. The molecule has 0 atom stereocenters. The molecule has 0 aromatic heterocycles. The molecule has 5 heteroatoms. The second-order valence-electron chi connectivity index (χ2n) is 1.38. The Morgan fingerprint density at radius 1 is 1.78 bits per heavy atom. The van der Waals surface area contributed by atoms with Gasteiger partial charge in [-0.3, -0.25) is 10.3 Å². The van der Waals surface area contributed by atoms with Gasteiger partial charge in [-0.25, -0.2) is 10.6 Å². The fraction of sp³-hybridized carbons (Fsp3) is 0. The maximum atomic E-state index is 10.6. The number of carbonyl (C=O) groups is 1.